The highest BCUT2D eigenvalue weighted by atomic mass is 79.9. The predicted octanol–water partition coefficient (Wildman–Crippen LogP) is 2.62. The van der Waals surface area contributed by atoms with E-state index in [9.17, 15) is 19.3 Å². The molecule has 15 heavy (non-hydrogen) atoms. The number of Topliss-reactive ketones (excluding diaryl/α,β-unsaturated/α-hetero) is 1. The molecule has 0 aliphatic rings. The van der Waals surface area contributed by atoms with E-state index in [4.69, 9.17) is 0 Å². The Morgan fingerprint density at radius 1 is 1.60 bits per heavy atom. The van der Waals surface area contributed by atoms with Crippen LogP contribution in [0.3, 0.4) is 0 Å². The maximum absolute atomic E-state index is 13.1. The summed E-state index contributed by atoms with van der Waals surface area (Å²) in [6.45, 7) is 1.45. The van der Waals surface area contributed by atoms with Gasteiger partial charge in [-0.2, -0.15) is 0 Å². The molecule has 0 N–H and O–H groups in total. The molecule has 0 amide bonds. The lowest BCUT2D eigenvalue weighted by molar-refractivity contribution is -0.385. The third kappa shape index (κ3) is 2.38. The first-order chi connectivity index (χ1) is 6.97. The Balaban J connectivity index is 3.41. The lowest BCUT2D eigenvalue weighted by Gasteiger charge is -2.02. The first-order valence-corrected chi connectivity index (χ1v) is 5.13. The van der Waals surface area contributed by atoms with E-state index in [0.29, 0.717) is 0 Å². The molecule has 4 nitrogen and oxygen atoms in total. The van der Waals surface area contributed by atoms with E-state index in [1.54, 1.807) is 0 Å². The van der Waals surface area contributed by atoms with E-state index >= 15 is 0 Å². The van der Waals surface area contributed by atoms with E-state index in [1.807, 2.05) is 0 Å². The second kappa shape index (κ2) is 4.48. The van der Waals surface area contributed by atoms with Crippen LogP contribution in [0.4, 0.5) is 10.1 Å². The molecule has 0 heterocycles. The number of carbonyl (C=O) groups excluding carboxylic acids is 1. The maximum atomic E-state index is 13.1. The number of aryl methyl sites for hydroxylation is 1. The van der Waals surface area contributed by atoms with Crippen molar-refractivity contribution in [1.82, 2.24) is 0 Å². The number of benzene rings is 1. The summed E-state index contributed by atoms with van der Waals surface area (Å²) in [5.41, 5.74) is -0.358. The highest BCUT2D eigenvalue weighted by Gasteiger charge is 2.21. The number of carbonyl (C=O) groups is 1. The molecule has 0 aliphatic heterocycles. The number of hydrogen-bond acceptors (Lipinski definition) is 3. The number of alkyl halides is 1. The molecule has 1 aromatic rings. The second-order valence-corrected chi connectivity index (χ2v) is 3.49. The summed E-state index contributed by atoms with van der Waals surface area (Å²) < 4.78 is 13.1. The number of ketones is 1. The molecule has 0 saturated heterocycles. The van der Waals surface area contributed by atoms with Gasteiger partial charge in [-0.3, -0.25) is 14.9 Å². The summed E-state index contributed by atoms with van der Waals surface area (Å²) in [6, 6.07) is 1.96. The van der Waals surface area contributed by atoms with Crippen molar-refractivity contribution in [2.75, 3.05) is 5.33 Å². The van der Waals surface area contributed by atoms with Crippen LogP contribution in [0, 0.1) is 22.9 Å². The molecule has 80 valence electrons. The fraction of sp³-hybridized carbons (Fsp3) is 0.222. The van der Waals surface area contributed by atoms with Crippen LogP contribution < -0.4 is 0 Å². The van der Waals surface area contributed by atoms with Gasteiger partial charge in [0.25, 0.3) is 5.69 Å². The Kier molecular flexibility index (Phi) is 3.52. The summed E-state index contributed by atoms with van der Waals surface area (Å²) >= 11 is 2.91. The van der Waals surface area contributed by atoms with Crippen molar-refractivity contribution in [3.05, 3.63) is 39.2 Å². The van der Waals surface area contributed by atoms with Gasteiger partial charge in [-0.1, -0.05) is 15.9 Å². The molecule has 0 atom stereocenters. The minimum atomic E-state index is -0.765. The first kappa shape index (κ1) is 11.8. The van der Waals surface area contributed by atoms with Crippen LogP contribution in [-0.2, 0) is 0 Å². The third-order valence-corrected chi connectivity index (χ3v) is 2.40. The summed E-state index contributed by atoms with van der Waals surface area (Å²) in [5.74, 6) is -1.13. The fourth-order valence-electron chi connectivity index (χ4n) is 1.12. The zero-order valence-electron chi connectivity index (χ0n) is 7.79. The van der Waals surface area contributed by atoms with Gasteiger partial charge in [-0.25, -0.2) is 4.39 Å². The van der Waals surface area contributed by atoms with Crippen LogP contribution >= 0.6 is 15.9 Å². The average Bonchev–Trinajstić information content (AvgIpc) is 2.20. The van der Waals surface area contributed by atoms with Crippen LogP contribution in [-0.4, -0.2) is 16.0 Å². The topological polar surface area (TPSA) is 60.2 Å². The maximum Gasteiger partial charge on any atom is 0.283 e. The average molecular weight is 276 g/mol. The zero-order chi connectivity index (χ0) is 11.6. The SMILES string of the molecule is Cc1cc(C(=O)CBr)c([N+](=O)[O-])cc1F. The van der Waals surface area contributed by atoms with Gasteiger partial charge in [0.15, 0.2) is 5.78 Å². The van der Waals surface area contributed by atoms with Crippen molar-refractivity contribution < 1.29 is 14.1 Å². The van der Waals surface area contributed by atoms with Crippen molar-refractivity contribution in [2.24, 2.45) is 0 Å². The van der Waals surface area contributed by atoms with E-state index in [-0.39, 0.29) is 16.5 Å². The molecule has 1 aromatic carbocycles. The van der Waals surface area contributed by atoms with E-state index in [0.717, 1.165) is 6.07 Å². The van der Waals surface area contributed by atoms with Crippen molar-refractivity contribution in [3.63, 3.8) is 0 Å². The molecule has 6 heteroatoms. The smallest absolute Gasteiger partial charge is 0.283 e. The van der Waals surface area contributed by atoms with Gasteiger partial charge in [-0.15, -0.1) is 0 Å². The predicted molar refractivity (Wildman–Crippen MR) is 55.9 cm³/mol. The van der Waals surface area contributed by atoms with Gasteiger partial charge < -0.3 is 0 Å². The van der Waals surface area contributed by atoms with Gasteiger partial charge in [0, 0.05) is 0 Å². The summed E-state index contributed by atoms with van der Waals surface area (Å²) in [6.07, 6.45) is 0. The highest BCUT2D eigenvalue weighted by Crippen LogP contribution is 2.23. The quantitative estimate of drug-likeness (QED) is 0.369. The molecule has 0 aromatic heterocycles. The molecule has 0 fully saturated rings. The molecule has 1 rings (SSSR count). The van der Waals surface area contributed by atoms with Crippen LogP contribution in [0.1, 0.15) is 15.9 Å². The Morgan fingerprint density at radius 2 is 2.20 bits per heavy atom. The first-order valence-electron chi connectivity index (χ1n) is 4.01. The number of halogens is 2. The molecule has 0 radical (unpaired) electrons. The minimum Gasteiger partial charge on any atom is -0.293 e. The van der Waals surface area contributed by atoms with E-state index < -0.39 is 22.2 Å². The van der Waals surface area contributed by atoms with Gasteiger partial charge >= 0.3 is 0 Å². The molecule has 0 spiro atoms. The highest BCUT2D eigenvalue weighted by molar-refractivity contribution is 9.09. The Bertz CT molecular complexity index is 434. The standard InChI is InChI=1S/C9H7BrFNO3/c1-5-2-6(9(13)4-10)8(12(14)15)3-7(5)11/h2-3H,4H2,1H3. The molecular weight excluding hydrogens is 269 g/mol. The van der Waals surface area contributed by atoms with Gasteiger partial charge in [0.1, 0.15) is 5.82 Å². The lowest BCUT2D eigenvalue weighted by atomic mass is 10.1. The second-order valence-electron chi connectivity index (χ2n) is 2.93. The van der Waals surface area contributed by atoms with Gasteiger partial charge in [-0.05, 0) is 18.6 Å². The van der Waals surface area contributed by atoms with Crippen molar-refractivity contribution in [1.29, 1.82) is 0 Å². The fourth-order valence-corrected chi connectivity index (χ4v) is 1.42. The lowest BCUT2D eigenvalue weighted by Crippen LogP contribution is -2.06. The molecular formula is C9H7BrFNO3. The summed E-state index contributed by atoms with van der Waals surface area (Å²) in [4.78, 5) is 21.1. The monoisotopic (exact) mass is 275 g/mol. The van der Waals surface area contributed by atoms with E-state index in [2.05, 4.69) is 15.9 Å². The third-order valence-electron chi connectivity index (χ3n) is 1.90. The zero-order valence-corrected chi connectivity index (χ0v) is 9.38. The number of rotatable bonds is 3. The number of nitro groups is 1. The van der Waals surface area contributed by atoms with Crippen molar-refractivity contribution in [2.45, 2.75) is 6.92 Å². The van der Waals surface area contributed by atoms with Gasteiger partial charge in [0.2, 0.25) is 0 Å². The van der Waals surface area contributed by atoms with Gasteiger partial charge in [0.05, 0.1) is 21.9 Å². The van der Waals surface area contributed by atoms with Crippen molar-refractivity contribution >= 4 is 27.4 Å². The minimum absolute atomic E-state index is 0.0289. The largest absolute Gasteiger partial charge is 0.293 e. The normalized spacial score (nSPS) is 10.1. The summed E-state index contributed by atoms with van der Waals surface area (Å²) in [7, 11) is 0. The van der Waals surface area contributed by atoms with Crippen LogP contribution in [0.5, 0.6) is 0 Å². The van der Waals surface area contributed by atoms with Crippen LogP contribution in [0.15, 0.2) is 12.1 Å². The molecule has 0 aliphatic carbocycles. The van der Waals surface area contributed by atoms with Crippen molar-refractivity contribution in [3.8, 4) is 0 Å². The molecule has 0 unspecified atom stereocenters. The Labute approximate surface area is 93.4 Å². The number of hydrogen-bond donors (Lipinski definition) is 0. The molecule has 0 saturated carbocycles. The van der Waals surface area contributed by atoms with E-state index in [1.165, 1.54) is 13.0 Å². The Hall–Kier alpha value is -1.30. The van der Waals surface area contributed by atoms with Crippen LogP contribution in [0.25, 0.3) is 0 Å². The van der Waals surface area contributed by atoms with Crippen LogP contribution in [0.2, 0.25) is 0 Å². The Morgan fingerprint density at radius 3 is 2.67 bits per heavy atom. The molecule has 0 bridgehead atoms. The number of nitro benzene ring substituents is 1. The number of nitrogens with zero attached hydrogens (tertiary/aromatic N) is 1. The summed E-state index contributed by atoms with van der Waals surface area (Å²) in [5, 5.41) is 10.5.